The third-order valence-electron chi connectivity index (χ3n) is 4.29. The van der Waals surface area contributed by atoms with Crippen molar-refractivity contribution in [3.63, 3.8) is 0 Å². The second-order valence-corrected chi connectivity index (χ2v) is 6.53. The van der Waals surface area contributed by atoms with E-state index in [1.807, 2.05) is 24.4 Å². The van der Waals surface area contributed by atoms with Crippen LogP contribution in [0.3, 0.4) is 0 Å². The Morgan fingerprint density at radius 1 is 1.33 bits per heavy atom. The van der Waals surface area contributed by atoms with E-state index in [-0.39, 0.29) is 6.10 Å². The van der Waals surface area contributed by atoms with Crippen LogP contribution in [0.15, 0.2) is 30.6 Å². The molecule has 126 valence electrons. The minimum atomic E-state index is -0.0595. The number of pyridine rings is 1. The van der Waals surface area contributed by atoms with Crippen molar-refractivity contribution in [1.82, 2.24) is 29.5 Å². The number of fused-ring (bicyclic) bond motifs is 1. The van der Waals surface area contributed by atoms with Crippen LogP contribution in [0.5, 0.6) is 0 Å². The highest BCUT2D eigenvalue weighted by atomic mass is 16.5. The fraction of sp³-hybridized carbons (Fsp3) is 0.471. The summed E-state index contributed by atoms with van der Waals surface area (Å²) >= 11 is 0. The minimum Gasteiger partial charge on any atom is -0.368 e. The zero-order valence-electron chi connectivity index (χ0n) is 14.0. The first kappa shape index (κ1) is 15.3. The molecule has 1 atom stereocenters. The highest BCUT2D eigenvalue weighted by Gasteiger charge is 2.25. The van der Waals surface area contributed by atoms with Gasteiger partial charge in [0.2, 0.25) is 0 Å². The summed E-state index contributed by atoms with van der Waals surface area (Å²) in [6.45, 7) is 7.37. The molecule has 24 heavy (non-hydrogen) atoms. The quantitative estimate of drug-likeness (QED) is 0.795. The predicted octanol–water partition coefficient (Wildman–Crippen LogP) is 2.15. The van der Waals surface area contributed by atoms with Gasteiger partial charge in [-0.15, -0.1) is 0 Å². The normalized spacial score (nSPS) is 19.4. The number of H-pyrrole nitrogens is 1. The number of hydrogen-bond acceptors (Lipinski definition) is 5. The van der Waals surface area contributed by atoms with Gasteiger partial charge in [0.25, 0.3) is 0 Å². The number of morpholine rings is 1. The lowest BCUT2D eigenvalue weighted by molar-refractivity contribution is -0.0374. The average Bonchev–Trinajstić information content (AvgIpc) is 3.21. The smallest absolute Gasteiger partial charge is 0.155 e. The molecule has 0 radical (unpaired) electrons. The van der Waals surface area contributed by atoms with Crippen molar-refractivity contribution in [1.29, 1.82) is 0 Å². The summed E-state index contributed by atoms with van der Waals surface area (Å²) in [4.78, 5) is 11.6. The lowest BCUT2D eigenvalue weighted by Gasteiger charge is -2.31. The standard InChI is InChI=1S/C17H22N6O/c1-12(2)16-19-17(21-20-16)14-11-22(7-8-24-14)9-13-10-23-6-4-3-5-15(23)18-13/h3-6,10,12,14H,7-9,11H2,1-2H3,(H,19,20,21)/t14-/m0/s1. The first-order valence-corrected chi connectivity index (χ1v) is 8.38. The first-order valence-electron chi connectivity index (χ1n) is 8.38. The maximum atomic E-state index is 5.88. The number of aromatic amines is 1. The highest BCUT2D eigenvalue weighted by Crippen LogP contribution is 2.21. The SMILES string of the molecule is CC(C)c1n[nH]c([C@@H]2CN(Cc3cn4ccccc4n3)CCO2)n1. The maximum absolute atomic E-state index is 5.88. The molecular formula is C17H22N6O. The minimum absolute atomic E-state index is 0.0595. The monoisotopic (exact) mass is 326 g/mol. The number of rotatable bonds is 4. The molecule has 3 aromatic rings. The molecule has 0 amide bonds. The van der Waals surface area contributed by atoms with Gasteiger partial charge in [-0.25, -0.2) is 9.97 Å². The molecule has 0 bridgehead atoms. The number of nitrogens with zero attached hydrogens (tertiary/aromatic N) is 5. The van der Waals surface area contributed by atoms with Crippen LogP contribution in [-0.4, -0.2) is 49.2 Å². The van der Waals surface area contributed by atoms with Gasteiger partial charge in [0, 0.05) is 37.9 Å². The van der Waals surface area contributed by atoms with Crippen molar-refractivity contribution in [2.24, 2.45) is 0 Å². The second kappa shape index (κ2) is 6.33. The molecule has 0 unspecified atom stereocenters. The zero-order valence-corrected chi connectivity index (χ0v) is 14.0. The van der Waals surface area contributed by atoms with Gasteiger partial charge >= 0.3 is 0 Å². The van der Waals surface area contributed by atoms with Crippen LogP contribution in [0.25, 0.3) is 5.65 Å². The second-order valence-electron chi connectivity index (χ2n) is 6.53. The third kappa shape index (κ3) is 3.05. The van der Waals surface area contributed by atoms with E-state index in [4.69, 9.17) is 4.74 Å². The van der Waals surface area contributed by atoms with E-state index < -0.39 is 0 Å². The van der Waals surface area contributed by atoms with Crippen LogP contribution >= 0.6 is 0 Å². The van der Waals surface area contributed by atoms with Crippen LogP contribution in [0.4, 0.5) is 0 Å². The molecule has 1 fully saturated rings. The molecule has 7 nitrogen and oxygen atoms in total. The van der Waals surface area contributed by atoms with Crippen LogP contribution in [-0.2, 0) is 11.3 Å². The Morgan fingerprint density at radius 3 is 3.04 bits per heavy atom. The third-order valence-corrected chi connectivity index (χ3v) is 4.29. The molecule has 7 heteroatoms. The van der Waals surface area contributed by atoms with Crippen LogP contribution in [0.2, 0.25) is 0 Å². The molecule has 1 N–H and O–H groups in total. The topological polar surface area (TPSA) is 71.3 Å². The van der Waals surface area contributed by atoms with Crippen LogP contribution in [0.1, 0.15) is 43.2 Å². The zero-order chi connectivity index (χ0) is 16.5. The summed E-state index contributed by atoms with van der Waals surface area (Å²) in [6.07, 6.45) is 4.05. The summed E-state index contributed by atoms with van der Waals surface area (Å²) in [5.74, 6) is 1.97. The van der Waals surface area contributed by atoms with Gasteiger partial charge in [-0.1, -0.05) is 19.9 Å². The number of aromatic nitrogens is 5. The fourth-order valence-electron chi connectivity index (χ4n) is 2.99. The Bertz CT molecular complexity index is 790. The first-order chi connectivity index (χ1) is 11.7. The van der Waals surface area contributed by atoms with Crippen molar-refractivity contribution in [2.75, 3.05) is 19.7 Å². The van der Waals surface area contributed by atoms with E-state index in [1.165, 1.54) is 0 Å². The maximum Gasteiger partial charge on any atom is 0.155 e. The summed E-state index contributed by atoms with van der Waals surface area (Å²) < 4.78 is 7.94. The van der Waals surface area contributed by atoms with Crippen LogP contribution < -0.4 is 0 Å². The van der Waals surface area contributed by atoms with Crippen molar-refractivity contribution in [3.05, 3.63) is 47.9 Å². The van der Waals surface area contributed by atoms with Crippen molar-refractivity contribution in [3.8, 4) is 0 Å². The van der Waals surface area contributed by atoms with Crippen molar-refractivity contribution in [2.45, 2.75) is 32.4 Å². The number of imidazole rings is 1. The van der Waals surface area contributed by atoms with Crippen molar-refractivity contribution >= 4 is 5.65 Å². The highest BCUT2D eigenvalue weighted by molar-refractivity contribution is 5.39. The molecule has 0 saturated carbocycles. The molecular weight excluding hydrogens is 304 g/mol. The molecule has 4 rings (SSSR count). The van der Waals surface area contributed by atoms with Gasteiger partial charge < -0.3 is 9.14 Å². The van der Waals surface area contributed by atoms with E-state index in [9.17, 15) is 0 Å². The van der Waals surface area contributed by atoms with Gasteiger partial charge in [-0.05, 0) is 12.1 Å². The number of nitrogens with one attached hydrogen (secondary N) is 1. The Kier molecular flexibility index (Phi) is 4.03. The lowest BCUT2D eigenvalue weighted by Crippen LogP contribution is -2.38. The number of hydrogen-bond donors (Lipinski definition) is 1. The van der Waals surface area contributed by atoms with Gasteiger partial charge in [0.15, 0.2) is 11.6 Å². The van der Waals surface area contributed by atoms with Gasteiger partial charge in [0.05, 0.1) is 12.3 Å². The van der Waals surface area contributed by atoms with Crippen molar-refractivity contribution < 1.29 is 4.74 Å². The number of ether oxygens (including phenoxy) is 1. The fourth-order valence-corrected chi connectivity index (χ4v) is 2.99. The predicted molar refractivity (Wildman–Crippen MR) is 89.6 cm³/mol. The molecule has 0 spiro atoms. The molecule has 0 aliphatic carbocycles. The molecule has 4 heterocycles. The van der Waals surface area contributed by atoms with E-state index >= 15 is 0 Å². The molecule has 1 saturated heterocycles. The summed E-state index contributed by atoms with van der Waals surface area (Å²) in [5.41, 5.74) is 2.05. The lowest BCUT2D eigenvalue weighted by atomic mass is 10.2. The van der Waals surface area contributed by atoms with E-state index in [0.717, 1.165) is 42.6 Å². The van der Waals surface area contributed by atoms with E-state index in [2.05, 4.69) is 49.5 Å². The molecule has 1 aliphatic heterocycles. The Morgan fingerprint density at radius 2 is 2.25 bits per heavy atom. The molecule has 1 aliphatic rings. The molecule has 0 aromatic carbocycles. The van der Waals surface area contributed by atoms with Gasteiger partial charge in [-0.3, -0.25) is 10.00 Å². The van der Waals surface area contributed by atoms with Gasteiger partial charge in [-0.2, -0.15) is 5.10 Å². The Balaban J connectivity index is 1.46. The largest absolute Gasteiger partial charge is 0.368 e. The Labute approximate surface area is 140 Å². The van der Waals surface area contributed by atoms with E-state index in [0.29, 0.717) is 12.5 Å². The summed E-state index contributed by atoms with van der Waals surface area (Å²) in [6, 6.07) is 6.04. The van der Waals surface area contributed by atoms with Crippen LogP contribution in [0, 0.1) is 0 Å². The summed E-state index contributed by atoms with van der Waals surface area (Å²) in [5, 5.41) is 7.31. The van der Waals surface area contributed by atoms with E-state index in [1.54, 1.807) is 0 Å². The average molecular weight is 326 g/mol. The summed E-state index contributed by atoms with van der Waals surface area (Å²) in [7, 11) is 0. The van der Waals surface area contributed by atoms with Gasteiger partial charge in [0.1, 0.15) is 11.8 Å². The molecule has 3 aromatic heterocycles. The Hall–Kier alpha value is -2.25.